The maximum atomic E-state index is 13.0. The van der Waals surface area contributed by atoms with Gasteiger partial charge in [-0.2, -0.15) is 4.31 Å². The van der Waals surface area contributed by atoms with Gasteiger partial charge in [0.25, 0.3) is 5.91 Å². The number of nitrogens with one attached hydrogen (secondary N) is 1. The van der Waals surface area contributed by atoms with Crippen LogP contribution in [0.5, 0.6) is 17.2 Å². The molecule has 1 N–H and O–H groups in total. The second-order valence-electron chi connectivity index (χ2n) is 7.65. The molecule has 0 bridgehead atoms. The normalized spacial score (nSPS) is 15.6. The summed E-state index contributed by atoms with van der Waals surface area (Å²) in [4.78, 5) is 13.0. The van der Waals surface area contributed by atoms with Crippen molar-refractivity contribution in [2.24, 2.45) is 0 Å². The molecule has 0 spiro atoms. The van der Waals surface area contributed by atoms with Crippen LogP contribution in [-0.4, -0.2) is 53.0 Å². The molecule has 0 aromatic heterocycles. The number of ether oxygens (including phenoxy) is 3. The number of rotatable bonds is 8. The van der Waals surface area contributed by atoms with Crippen LogP contribution in [0.2, 0.25) is 0 Å². The van der Waals surface area contributed by atoms with E-state index in [1.165, 1.54) is 37.8 Å². The Bertz CT molecular complexity index is 1040. The molecule has 1 saturated heterocycles. The number of hydrogen-bond acceptors (Lipinski definition) is 6. The van der Waals surface area contributed by atoms with E-state index in [4.69, 9.17) is 14.2 Å². The Labute approximate surface area is 189 Å². The van der Waals surface area contributed by atoms with Gasteiger partial charge in [0.15, 0.2) is 11.5 Å². The molecule has 32 heavy (non-hydrogen) atoms. The predicted octanol–water partition coefficient (Wildman–Crippen LogP) is 3.38. The number of methoxy groups -OCH3 is 3. The van der Waals surface area contributed by atoms with Crippen molar-refractivity contribution in [1.29, 1.82) is 0 Å². The zero-order valence-corrected chi connectivity index (χ0v) is 19.7. The molecule has 8 nitrogen and oxygen atoms in total. The van der Waals surface area contributed by atoms with Crippen molar-refractivity contribution in [3.8, 4) is 17.2 Å². The van der Waals surface area contributed by atoms with Gasteiger partial charge < -0.3 is 19.5 Å². The summed E-state index contributed by atoms with van der Waals surface area (Å²) in [7, 11) is 0.959. The minimum absolute atomic E-state index is 0.132. The van der Waals surface area contributed by atoms with Crippen LogP contribution >= 0.6 is 0 Å². The van der Waals surface area contributed by atoms with Crippen molar-refractivity contribution in [3.63, 3.8) is 0 Å². The molecule has 2 aromatic rings. The number of sulfonamides is 1. The van der Waals surface area contributed by atoms with Gasteiger partial charge in [-0.25, -0.2) is 8.42 Å². The summed E-state index contributed by atoms with van der Waals surface area (Å²) in [6.07, 6.45) is 2.74. The molecule has 1 aliphatic rings. The summed E-state index contributed by atoms with van der Waals surface area (Å²) in [5.74, 6) is 1.06. The number of amides is 1. The first-order valence-electron chi connectivity index (χ1n) is 10.5. The number of nitrogens with zero attached hydrogens (tertiary/aromatic N) is 1. The van der Waals surface area contributed by atoms with Crippen molar-refractivity contribution in [2.75, 3.05) is 34.4 Å². The highest BCUT2D eigenvalue weighted by Gasteiger charge is 2.27. The van der Waals surface area contributed by atoms with Crippen LogP contribution in [0.25, 0.3) is 0 Å². The van der Waals surface area contributed by atoms with Crippen molar-refractivity contribution in [2.45, 2.75) is 37.1 Å². The number of carbonyl (C=O) groups excluding carboxylic acids is 1. The highest BCUT2D eigenvalue weighted by molar-refractivity contribution is 7.89. The zero-order valence-electron chi connectivity index (χ0n) is 18.9. The number of benzene rings is 2. The zero-order chi connectivity index (χ0) is 23.3. The van der Waals surface area contributed by atoms with Crippen LogP contribution < -0.4 is 19.5 Å². The van der Waals surface area contributed by atoms with Crippen LogP contribution in [0.3, 0.4) is 0 Å². The van der Waals surface area contributed by atoms with Gasteiger partial charge in [-0.15, -0.1) is 0 Å². The fraction of sp³-hybridized carbons (Fsp3) is 0.435. The molecule has 0 radical (unpaired) electrons. The molecule has 1 fully saturated rings. The number of piperidine rings is 1. The van der Waals surface area contributed by atoms with E-state index >= 15 is 0 Å². The molecule has 9 heteroatoms. The first kappa shape index (κ1) is 23.9. The lowest BCUT2D eigenvalue weighted by Gasteiger charge is -2.26. The minimum Gasteiger partial charge on any atom is -0.493 e. The van der Waals surface area contributed by atoms with Gasteiger partial charge in [-0.3, -0.25) is 4.79 Å². The third-order valence-electron chi connectivity index (χ3n) is 5.58. The smallest absolute Gasteiger partial charge is 0.251 e. The van der Waals surface area contributed by atoms with Crippen LogP contribution in [-0.2, 0) is 10.0 Å². The largest absolute Gasteiger partial charge is 0.493 e. The highest BCUT2D eigenvalue weighted by atomic mass is 32.2. The molecule has 1 heterocycles. The first-order chi connectivity index (χ1) is 15.3. The Morgan fingerprint density at radius 1 is 0.969 bits per heavy atom. The molecule has 2 aromatic carbocycles. The van der Waals surface area contributed by atoms with Gasteiger partial charge in [-0.1, -0.05) is 12.5 Å². The third kappa shape index (κ3) is 4.99. The molecule has 0 aliphatic carbocycles. The summed E-state index contributed by atoms with van der Waals surface area (Å²) < 4.78 is 43.5. The Morgan fingerprint density at radius 2 is 1.59 bits per heavy atom. The Morgan fingerprint density at radius 3 is 2.16 bits per heavy atom. The molecule has 174 valence electrons. The van der Waals surface area contributed by atoms with Crippen molar-refractivity contribution in [1.82, 2.24) is 9.62 Å². The van der Waals surface area contributed by atoms with Crippen LogP contribution in [0.4, 0.5) is 0 Å². The second-order valence-corrected chi connectivity index (χ2v) is 9.58. The summed E-state index contributed by atoms with van der Waals surface area (Å²) in [6.45, 7) is 2.85. The second kappa shape index (κ2) is 10.2. The summed E-state index contributed by atoms with van der Waals surface area (Å²) in [5.41, 5.74) is 1.03. The van der Waals surface area contributed by atoms with Gasteiger partial charge in [0.1, 0.15) is 0 Å². The van der Waals surface area contributed by atoms with E-state index in [2.05, 4.69) is 5.32 Å². The molecule has 1 atom stereocenters. The van der Waals surface area contributed by atoms with E-state index < -0.39 is 16.1 Å². The standard InChI is InChI=1S/C23H30N2O6S/c1-16(18-14-20(29-2)22(31-4)21(15-18)30-3)24-23(26)17-9-8-10-19(13-17)32(27,28)25-11-6-5-7-12-25/h8-10,13-16H,5-7,11-12H2,1-4H3,(H,24,26). The lowest BCUT2D eigenvalue weighted by Crippen LogP contribution is -2.35. The van der Waals surface area contributed by atoms with Crippen LogP contribution in [0.1, 0.15) is 48.1 Å². The van der Waals surface area contributed by atoms with Gasteiger partial charge in [0.2, 0.25) is 15.8 Å². The van der Waals surface area contributed by atoms with Crippen LogP contribution in [0, 0.1) is 0 Å². The van der Waals surface area contributed by atoms with E-state index in [9.17, 15) is 13.2 Å². The summed E-state index contributed by atoms with van der Waals surface area (Å²) in [6, 6.07) is 9.30. The third-order valence-corrected chi connectivity index (χ3v) is 7.48. The van der Waals surface area contributed by atoms with Crippen molar-refractivity contribution >= 4 is 15.9 Å². The van der Waals surface area contributed by atoms with Crippen molar-refractivity contribution < 1.29 is 27.4 Å². The molecule has 1 amide bonds. The van der Waals surface area contributed by atoms with Gasteiger partial charge in [0.05, 0.1) is 32.3 Å². The fourth-order valence-corrected chi connectivity index (χ4v) is 5.33. The Balaban J connectivity index is 1.81. The van der Waals surface area contributed by atoms with Gasteiger partial charge in [0, 0.05) is 18.7 Å². The molecular weight excluding hydrogens is 432 g/mol. The monoisotopic (exact) mass is 462 g/mol. The molecule has 0 saturated carbocycles. The molecule has 1 unspecified atom stereocenters. The maximum absolute atomic E-state index is 13.0. The number of hydrogen-bond donors (Lipinski definition) is 1. The molecule has 3 rings (SSSR count). The fourth-order valence-electron chi connectivity index (χ4n) is 3.77. The highest BCUT2D eigenvalue weighted by Crippen LogP contribution is 2.39. The minimum atomic E-state index is -3.62. The van der Waals surface area contributed by atoms with E-state index in [-0.39, 0.29) is 16.4 Å². The lowest BCUT2D eigenvalue weighted by molar-refractivity contribution is 0.0939. The SMILES string of the molecule is COc1cc(C(C)NC(=O)c2cccc(S(=O)(=O)N3CCCCC3)c2)cc(OC)c1OC. The van der Waals surface area contributed by atoms with Crippen molar-refractivity contribution in [3.05, 3.63) is 47.5 Å². The van der Waals surface area contributed by atoms with Gasteiger partial charge in [-0.05, 0) is 55.7 Å². The molecular formula is C23H30N2O6S. The van der Waals surface area contributed by atoms with Gasteiger partial charge >= 0.3 is 0 Å². The van der Waals surface area contributed by atoms with Crippen LogP contribution in [0.15, 0.2) is 41.3 Å². The Kier molecular flexibility index (Phi) is 7.63. The van der Waals surface area contributed by atoms with E-state index in [0.29, 0.717) is 30.3 Å². The summed E-state index contributed by atoms with van der Waals surface area (Å²) in [5, 5.41) is 2.91. The summed E-state index contributed by atoms with van der Waals surface area (Å²) >= 11 is 0. The lowest BCUT2D eigenvalue weighted by atomic mass is 10.1. The molecule has 1 aliphatic heterocycles. The number of carbonyl (C=O) groups is 1. The average Bonchev–Trinajstić information content (AvgIpc) is 2.83. The van der Waals surface area contributed by atoms with E-state index in [0.717, 1.165) is 24.8 Å². The maximum Gasteiger partial charge on any atom is 0.251 e. The van der Waals surface area contributed by atoms with E-state index in [1.807, 2.05) is 6.92 Å². The predicted molar refractivity (Wildman–Crippen MR) is 121 cm³/mol. The first-order valence-corrected chi connectivity index (χ1v) is 12.0. The Hall–Kier alpha value is -2.78. The van der Waals surface area contributed by atoms with E-state index in [1.54, 1.807) is 24.3 Å². The average molecular weight is 463 g/mol. The quantitative estimate of drug-likeness (QED) is 0.646. The topological polar surface area (TPSA) is 94.2 Å².